The monoisotopic (exact) mass is 317 g/mol. The highest BCUT2D eigenvalue weighted by atomic mass is 35.5. The maximum absolute atomic E-state index is 12.0. The number of carbonyl (C=O) groups is 2. The highest BCUT2D eigenvalue weighted by Gasteiger charge is 2.26. The predicted octanol–water partition coefficient (Wildman–Crippen LogP) is 1.35. The van der Waals surface area contributed by atoms with E-state index in [1.807, 2.05) is 0 Å². The molecule has 2 amide bonds. The predicted molar refractivity (Wildman–Crippen MR) is 85.2 cm³/mol. The van der Waals surface area contributed by atoms with Crippen molar-refractivity contribution in [3.8, 4) is 0 Å². The van der Waals surface area contributed by atoms with Crippen LogP contribution >= 0.6 is 12.4 Å². The van der Waals surface area contributed by atoms with Crippen molar-refractivity contribution in [2.24, 2.45) is 17.6 Å². The van der Waals surface area contributed by atoms with Gasteiger partial charge in [0.2, 0.25) is 11.8 Å². The number of halogens is 1. The van der Waals surface area contributed by atoms with E-state index in [-0.39, 0.29) is 36.2 Å². The Kier molecular flexibility index (Phi) is 8.04. The van der Waals surface area contributed by atoms with Crippen LogP contribution in [0.2, 0.25) is 0 Å². The molecule has 1 heterocycles. The van der Waals surface area contributed by atoms with Gasteiger partial charge in [0.05, 0.1) is 0 Å². The number of nitrogens with two attached hydrogens (primary N) is 1. The average molecular weight is 318 g/mol. The van der Waals surface area contributed by atoms with Crippen LogP contribution in [0.4, 0.5) is 0 Å². The maximum Gasteiger partial charge on any atom is 0.220 e. The molecule has 21 heavy (non-hydrogen) atoms. The summed E-state index contributed by atoms with van der Waals surface area (Å²) in [6, 6.07) is 0.141. The van der Waals surface area contributed by atoms with Crippen molar-refractivity contribution in [1.82, 2.24) is 10.6 Å². The van der Waals surface area contributed by atoms with Gasteiger partial charge in [-0.15, -0.1) is 12.4 Å². The van der Waals surface area contributed by atoms with E-state index in [0.717, 1.165) is 38.8 Å². The summed E-state index contributed by atoms with van der Waals surface area (Å²) in [5.41, 5.74) is 5.36. The van der Waals surface area contributed by atoms with Crippen molar-refractivity contribution in [1.29, 1.82) is 0 Å². The molecule has 1 saturated heterocycles. The highest BCUT2D eigenvalue weighted by Crippen LogP contribution is 2.24. The smallest absolute Gasteiger partial charge is 0.220 e. The zero-order chi connectivity index (χ0) is 14.4. The van der Waals surface area contributed by atoms with Crippen molar-refractivity contribution in [2.75, 3.05) is 13.1 Å². The fraction of sp³-hybridized carbons (Fsp3) is 0.867. The lowest BCUT2D eigenvalue weighted by Gasteiger charge is -2.28. The normalized spacial score (nSPS) is 26.7. The molecule has 1 aliphatic heterocycles. The van der Waals surface area contributed by atoms with Crippen LogP contribution in [0.5, 0.6) is 0 Å². The number of hydrogen-bond donors (Lipinski definition) is 3. The lowest BCUT2D eigenvalue weighted by Crippen LogP contribution is -2.41. The second kappa shape index (κ2) is 9.26. The number of rotatable bonds is 5. The van der Waals surface area contributed by atoms with Gasteiger partial charge in [0.1, 0.15) is 0 Å². The number of carbonyl (C=O) groups excluding carboxylic acids is 2. The van der Waals surface area contributed by atoms with Crippen molar-refractivity contribution >= 4 is 24.2 Å². The summed E-state index contributed by atoms with van der Waals surface area (Å²) < 4.78 is 0. The van der Waals surface area contributed by atoms with Gasteiger partial charge in [-0.3, -0.25) is 9.59 Å². The molecule has 0 aromatic rings. The van der Waals surface area contributed by atoms with Crippen LogP contribution in [0.15, 0.2) is 0 Å². The Labute approximate surface area is 133 Å². The standard InChI is InChI=1S/C15H27N3O2.ClH/c16-15(20)12-2-1-3-13(10-12)18-14(19)5-4-11-6-8-17-9-7-11;/h11-13,17H,1-10H2,(H2,16,20)(H,18,19);1H. The number of hydrogen-bond acceptors (Lipinski definition) is 3. The van der Waals surface area contributed by atoms with E-state index in [1.165, 1.54) is 12.8 Å². The number of amides is 2. The van der Waals surface area contributed by atoms with Gasteiger partial charge in [0.15, 0.2) is 0 Å². The fourth-order valence-electron chi connectivity index (χ4n) is 3.38. The van der Waals surface area contributed by atoms with Crippen molar-refractivity contribution in [2.45, 2.75) is 57.4 Å². The van der Waals surface area contributed by atoms with Gasteiger partial charge in [-0.05, 0) is 57.5 Å². The number of piperidine rings is 1. The largest absolute Gasteiger partial charge is 0.369 e. The highest BCUT2D eigenvalue weighted by molar-refractivity contribution is 5.85. The van der Waals surface area contributed by atoms with Gasteiger partial charge in [-0.2, -0.15) is 0 Å². The first-order chi connectivity index (χ1) is 9.65. The van der Waals surface area contributed by atoms with E-state index in [0.29, 0.717) is 18.8 Å². The van der Waals surface area contributed by atoms with Crippen LogP contribution in [0.1, 0.15) is 51.4 Å². The molecule has 4 N–H and O–H groups in total. The SMILES string of the molecule is Cl.NC(=O)C1CCCC(NC(=O)CCC2CCNCC2)C1. The number of primary amides is 1. The van der Waals surface area contributed by atoms with E-state index in [2.05, 4.69) is 10.6 Å². The molecule has 0 bridgehead atoms. The van der Waals surface area contributed by atoms with E-state index in [4.69, 9.17) is 5.73 Å². The summed E-state index contributed by atoms with van der Waals surface area (Å²) in [6.45, 7) is 2.16. The molecule has 122 valence electrons. The van der Waals surface area contributed by atoms with Gasteiger partial charge < -0.3 is 16.4 Å². The van der Waals surface area contributed by atoms with E-state index >= 15 is 0 Å². The molecule has 2 aliphatic rings. The third kappa shape index (κ3) is 6.22. The minimum absolute atomic E-state index is 0. The molecular formula is C15H28ClN3O2. The summed E-state index contributed by atoms with van der Waals surface area (Å²) in [7, 11) is 0. The van der Waals surface area contributed by atoms with Gasteiger partial charge in [0, 0.05) is 18.4 Å². The molecule has 0 spiro atoms. The minimum atomic E-state index is -0.223. The van der Waals surface area contributed by atoms with Crippen molar-refractivity contribution in [3.63, 3.8) is 0 Å². The van der Waals surface area contributed by atoms with Crippen LogP contribution in [-0.2, 0) is 9.59 Å². The third-order valence-electron chi connectivity index (χ3n) is 4.68. The van der Waals surface area contributed by atoms with Gasteiger partial charge in [0.25, 0.3) is 0 Å². The molecule has 2 unspecified atom stereocenters. The lowest BCUT2D eigenvalue weighted by atomic mass is 9.85. The molecule has 6 heteroatoms. The number of nitrogens with one attached hydrogen (secondary N) is 2. The van der Waals surface area contributed by atoms with Crippen molar-refractivity contribution in [3.05, 3.63) is 0 Å². The lowest BCUT2D eigenvalue weighted by molar-refractivity contribution is -0.125. The Morgan fingerprint density at radius 1 is 1.14 bits per heavy atom. The molecule has 0 aromatic heterocycles. The first kappa shape index (κ1) is 18.2. The minimum Gasteiger partial charge on any atom is -0.369 e. The van der Waals surface area contributed by atoms with Crippen molar-refractivity contribution < 1.29 is 9.59 Å². The first-order valence-electron chi connectivity index (χ1n) is 7.94. The zero-order valence-electron chi connectivity index (χ0n) is 12.6. The maximum atomic E-state index is 12.0. The Hall–Kier alpha value is -0.810. The molecule has 5 nitrogen and oxygen atoms in total. The molecule has 0 radical (unpaired) electrons. The fourth-order valence-corrected chi connectivity index (χ4v) is 3.38. The van der Waals surface area contributed by atoms with Crippen LogP contribution < -0.4 is 16.4 Å². The van der Waals surface area contributed by atoms with Gasteiger partial charge >= 0.3 is 0 Å². The topological polar surface area (TPSA) is 84.2 Å². The summed E-state index contributed by atoms with van der Waals surface area (Å²) >= 11 is 0. The second-order valence-electron chi connectivity index (χ2n) is 6.26. The molecule has 2 fully saturated rings. The van der Waals surface area contributed by atoms with E-state index in [1.54, 1.807) is 0 Å². The Bertz CT molecular complexity index is 346. The molecule has 2 atom stereocenters. The Morgan fingerprint density at radius 2 is 1.86 bits per heavy atom. The summed E-state index contributed by atoms with van der Waals surface area (Å²) in [6.07, 6.45) is 7.50. The Balaban J connectivity index is 0.00000220. The second-order valence-corrected chi connectivity index (χ2v) is 6.26. The molecule has 0 aromatic carbocycles. The molecular weight excluding hydrogens is 290 g/mol. The summed E-state index contributed by atoms with van der Waals surface area (Å²) in [4.78, 5) is 23.2. The molecule has 2 rings (SSSR count). The quantitative estimate of drug-likeness (QED) is 0.715. The average Bonchev–Trinajstić information content (AvgIpc) is 2.46. The van der Waals surface area contributed by atoms with Crippen LogP contribution in [0, 0.1) is 11.8 Å². The molecule has 1 saturated carbocycles. The van der Waals surface area contributed by atoms with Gasteiger partial charge in [-0.1, -0.05) is 6.42 Å². The summed E-state index contributed by atoms with van der Waals surface area (Å²) in [5.74, 6) is 0.544. The third-order valence-corrected chi connectivity index (χ3v) is 4.68. The van der Waals surface area contributed by atoms with Crippen LogP contribution in [0.25, 0.3) is 0 Å². The molecule has 1 aliphatic carbocycles. The zero-order valence-corrected chi connectivity index (χ0v) is 13.4. The summed E-state index contributed by atoms with van der Waals surface area (Å²) in [5, 5.41) is 6.42. The van der Waals surface area contributed by atoms with E-state index in [9.17, 15) is 9.59 Å². The van der Waals surface area contributed by atoms with Gasteiger partial charge in [-0.25, -0.2) is 0 Å². The first-order valence-corrected chi connectivity index (χ1v) is 7.94. The van der Waals surface area contributed by atoms with E-state index < -0.39 is 0 Å². The Morgan fingerprint density at radius 3 is 2.52 bits per heavy atom. The van der Waals surface area contributed by atoms with Crippen LogP contribution in [0.3, 0.4) is 0 Å². The van der Waals surface area contributed by atoms with Crippen LogP contribution in [-0.4, -0.2) is 30.9 Å².